The molecule has 8 nitrogen and oxygen atoms in total. The van der Waals surface area contributed by atoms with Gasteiger partial charge in [0.15, 0.2) is 5.78 Å². The molecule has 9 heteroatoms. The van der Waals surface area contributed by atoms with Crippen molar-refractivity contribution in [3.8, 4) is 0 Å². The number of ketones is 1. The Morgan fingerprint density at radius 3 is 2.61 bits per heavy atom. The zero-order valence-corrected chi connectivity index (χ0v) is 21.6. The van der Waals surface area contributed by atoms with Crippen molar-refractivity contribution >= 4 is 11.7 Å². The Bertz CT molecular complexity index is 871. The number of likely N-dealkylation sites (N-methyl/N-ethyl adjacent to an activating group) is 1. The van der Waals surface area contributed by atoms with Crippen molar-refractivity contribution in [2.45, 2.75) is 81.5 Å². The Kier molecular flexibility index (Phi) is 7.09. The van der Waals surface area contributed by atoms with Crippen LogP contribution in [-0.2, 0) is 14.3 Å². The number of hydrogen-bond donors (Lipinski definition) is 1. The second-order valence-electron chi connectivity index (χ2n) is 11.8. The molecule has 6 aliphatic rings. The minimum absolute atomic E-state index is 0.0262. The van der Waals surface area contributed by atoms with E-state index >= 15 is 4.39 Å². The highest BCUT2D eigenvalue weighted by atomic mass is 19.1. The smallest absolute Gasteiger partial charge is 0.259 e. The maximum absolute atomic E-state index is 15.8. The van der Waals surface area contributed by atoms with Crippen LogP contribution in [0.1, 0.15) is 44.9 Å². The molecule has 4 heterocycles. The van der Waals surface area contributed by atoms with Gasteiger partial charge in [-0.1, -0.05) is 12.8 Å². The number of hydrogen-bond acceptors (Lipinski definition) is 7. The molecule has 7 unspecified atom stereocenters. The molecule has 2 aliphatic carbocycles. The lowest BCUT2D eigenvalue weighted by molar-refractivity contribution is -0.197. The summed E-state index contributed by atoms with van der Waals surface area (Å²) in [5, 5.41) is 3.51. The summed E-state index contributed by atoms with van der Waals surface area (Å²) >= 11 is 0. The molecule has 5 fully saturated rings. The molecule has 0 aromatic heterocycles. The number of carbonyl (C=O) groups is 2. The van der Waals surface area contributed by atoms with Gasteiger partial charge in [0.05, 0.1) is 35.9 Å². The number of nitrogens with zero attached hydrogens (tertiary/aromatic N) is 4. The number of halogens is 1. The lowest BCUT2D eigenvalue weighted by atomic mass is 9.69. The monoisotopic (exact) mass is 503 g/mol. The van der Waals surface area contributed by atoms with Crippen LogP contribution in [0.4, 0.5) is 4.39 Å². The number of nitrogens with one attached hydrogen (secondary N) is 1. The van der Waals surface area contributed by atoms with Crippen LogP contribution < -0.4 is 5.32 Å². The summed E-state index contributed by atoms with van der Waals surface area (Å²) in [7, 11) is 2.05. The van der Waals surface area contributed by atoms with E-state index in [0.29, 0.717) is 13.1 Å². The number of carbonyl (C=O) groups excluding carboxylic acids is 2. The number of fused-ring (bicyclic) bond motifs is 2. The molecule has 0 aromatic rings. The van der Waals surface area contributed by atoms with Gasteiger partial charge in [0.1, 0.15) is 6.17 Å². The van der Waals surface area contributed by atoms with Crippen molar-refractivity contribution in [1.82, 2.24) is 24.9 Å². The fourth-order valence-electron chi connectivity index (χ4n) is 7.55. The average Bonchev–Trinajstić information content (AvgIpc) is 3.41. The molecular formula is C27H42FN5O3. The SMILES string of the molecule is CN1CCN(C(=O)C2=CN3C4CCCCC4OC4C(NCCN5CCCC5)C(F)CC(C2=O)C43)CC1. The fourth-order valence-corrected chi connectivity index (χ4v) is 7.55. The van der Waals surface area contributed by atoms with Gasteiger partial charge in [-0.3, -0.25) is 9.59 Å². The zero-order chi connectivity index (χ0) is 24.8. The summed E-state index contributed by atoms with van der Waals surface area (Å²) < 4.78 is 22.5. The maximum Gasteiger partial charge on any atom is 0.259 e. The molecule has 0 radical (unpaired) electrons. The van der Waals surface area contributed by atoms with Crippen LogP contribution in [0.2, 0.25) is 0 Å². The number of rotatable bonds is 5. The summed E-state index contributed by atoms with van der Waals surface area (Å²) in [6, 6.07) is -0.459. The van der Waals surface area contributed by atoms with E-state index in [1.54, 1.807) is 4.90 Å². The third kappa shape index (κ3) is 4.50. The second-order valence-corrected chi connectivity index (χ2v) is 11.8. The molecule has 200 valence electrons. The third-order valence-electron chi connectivity index (χ3n) is 9.61. The quantitative estimate of drug-likeness (QED) is 0.562. The van der Waals surface area contributed by atoms with E-state index in [4.69, 9.17) is 4.74 Å². The highest BCUT2D eigenvalue weighted by Crippen LogP contribution is 2.45. The standard InChI is InChI=1S/C27H42FN5O3/c1-30-12-14-32(15-13-30)27(35)19-17-33-21-6-2-3-7-22(21)36-26-23(29-8-11-31-9-4-5-10-31)20(28)16-18(24(26)33)25(19)34/h17-18,20-24,26,29H,2-16H2,1H3. The molecule has 0 spiro atoms. The Labute approximate surface area is 214 Å². The van der Waals surface area contributed by atoms with Crippen LogP contribution in [0, 0.1) is 5.92 Å². The minimum Gasteiger partial charge on any atom is -0.369 e. The maximum atomic E-state index is 15.8. The Morgan fingerprint density at radius 2 is 1.83 bits per heavy atom. The first kappa shape index (κ1) is 24.8. The molecule has 1 amide bonds. The lowest BCUT2D eigenvalue weighted by Crippen LogP contribution is -2.73. The molecule has 0 aromatic carbocycles. The van der Waals surface area contributed by atoms with Gasteiger partial charge in [0, 0.05) is 51.4 Å². The number of ether oxygens (including phenoxy) is 1. The van der Waals surface area contributed by atoms with Crippen LogP contribution in [0.3, 0.4) is 0 Å². The highest BCUT2D eigenvalue weighted by Gasteiger charge is 2.58. The van der Waals surface area contributed by atoms with E-state index in [0.717, 1.165) is 65.0 Å². The summed E-state index contributed by atoms with van der Waals surface area (Å²) in [6.45, 7) is 6.76. The number of Topliss-reactive ketones (excluding diaryl/α,β-unsaturated/α-hetero) is 1. The van der Waals surface area contributed by atoms with Gasteiger partial charge < -0.3 is 29.7 Å². The summed E-state index contributed by atoms with van der Waals surface area (Å²) in [4.78, 5) is 36.0. The first-order chi connectivity index (χ1) is 17.5. The number of alkyl halides is 1. The van der Waals surface area contributed by atoms with Gasteiger partial charge in [-0.15, -0.1) is 0 Å². The summed E-state index contributed by atoms with van der Waals surface area (Å²) in [5.41, 5.74) is 0.262. The molecule has 6 rings (SSSR count). The molecule has 7 atom stereocenters. The van der Waals surface area contributed by atoms with E-state index in [-0.39, 0.29) is 48.0 Å². The summed E-state index contributed by atoms with van der Waals surface area (Å²) in [6.07, 6.45) is 7.17. The minimum atomic E-state index is -1.17. The number of morpholine rings is 1. The average molecular weight is 504 g/mol. The molecule has 4 aliphatic heterocycles. The van der Waals surface area contributed by atoms with Gasteiger partial charge >= 0.3 is 0 Å². The van der Waals surface area contributed by atoms with Crippen molar-refractivity contribution in [1.29, 1.82) is 0 Å². The van der Waals surface area contributed by atoms with E-state index in [9.17, 15) is 9.59 Å². The number of amides is 1. The van der Waals surface area contributed by atoms with Crippen molar-refractivity contribution in [3.63, 3.8) is 0 Å². The predicted octanol–water partition coefficient (Wildman–Crippen LogP) is 1.02. The topological polar surface area (TPSA) is 68.4 Å². The van der Waals surface area contributed by atoms with Gasteiger partial charge in [0.25, 0.3) is 5.91 Å². The van der Waals surface area contributed by atoms with Crippen molar-refractivity contribution in [2.24, 2.45) is 5.92 Å². The van der Waals surface area contributed by atoms with Crippen molar-refractivity contribution in [2.75, 3.05) is 59.4 Å². The van der Waals surface area contributed by atoms with Crippen molar-refractivity contribution < 1.29 is 18.7 Å². The first-order valence-electron chi connectivity index (χ1n) is 14.3. The van der Waals surface area contributed by atoms with Crippen LogP contribution in [0.15, 0.2) is 11.8 Å². The number of piperazine rings is 1. The van der Waals surface area contributed by atoms with Gasteiger partial charge in [0.2, 0.25) is 0 Å². The normalized spacial score (nSPS) is 39.6. The lowest BCUT2D eigenvalue weighted by Gasteiger charge is -2.59. The van der Waals surface area contributed by atoms with E-state index in [1.807, 2.05) is 13.2 Å². The van der Waals surface area contributed by atoms with Gasteiger partial charge in [-0.25, -0.2) is 4.39 Å². The Hall–Kier alpha value is -1.55. The van der Waals surface area contributed by atoms with E-state index < -0.39 is 18.1 Å². The van der Waals surface area contributed by atoms with Crippen LogP contribution in [-0.4, -0.2) is 127 Å². The van der Waals surface area contributed by atoms with E-state index in [1.165, 1.54) is 12.8 Å². The van der Waals surface area contributed by atoms with Crippen molar-refractivity contribution in [3.05, 3.63) is 11.8 Å². The molecule has 2 saturated carbocycles. The third-order valence-corrected chi connectivity index (χ3v) is 9.61. The zero-order valence-electron chi connectivity index (χ0n) is 21.6. The molecule has 1 N–H and O–H groups in total. The van der Waals surface area contributed by atoms with Gasteiger partial charge in [-0.05, 0) is 52.2 Å². The van der Waals surface area contributed by atoms with Gasteiger partial charge in [-0.2, -0.15) is 0 Å². The fraction of sp³-hybridized carbons (Fsp3) is 0.852. The molecule has 36 heavy (non-hydrogen) atoms. The Morgan fingerprint density at radius 1 is 1.08 bits per heavy atom. The van der Waals surface area contributed by atoms with Crippen LogP contribution in [0.25, 0.3) is 0 Å². The first-order valence-corrected chi connectivity index (χ1v) is 14.3. The summed E-state index contributed by atoms with van der Waals surface area (Å²) in [5.74, 6) is -0.884. The molecule has 3 saturated heterocycles. The predicted molar refractivity (Wildman–Crippen MR) is 134 cm³/mol. The second kappa shape index (κ2) is 10.3. The number of likely N-dealkylation sites (tertiary alicyclic amines) is 1. The van der Waals surface area contributed by atoms with Crippen LogP contribution >= 0.6 is 0 Å². The van der Waals surface area contributed by atoms with E-state index in [2.05, 4.69) is 20.0 Å². The highest BCUT2D eigenvalue weighted by molar-refractivity contribution is 6.20. The van der Waals surface area contributed by atoms with Crippen LogP contribution in [0.5, 0.6) is 0 Å². The molecule has 0 bridgehead atoms. The Balaban J connectivity index is 1.25. The molecular weight excluding hydrogens is 461 g/mol. The largest absolute Gasteiger partial charge is 0.369 e.